The topological polar surface area (TPSA) is 88.8 Å². The van der Waals surface area contributed by atoms with E-state index in [4.69, 9.17) is 4.74 Å². The number of carbonyl (C=O) groups excluding carboxylic acids is 2. The minimum atomic E-state index is -0.542. The first-order valence-electron chi connectivity index (χ1n) is 10.9. The fourth-order valence-electron chi connectivity index (χ4n) is 3.94. The van der Waals surface area contributed by atoms with Crippen LogP contribution in [-0.2, 0) is 4.74 Å². The van der Waals surface area contributed by atoms with E-state index in [9.17, 15) is 14.0 Å². The number of hydrogen-bond donors (Lipinski definition) is 1. The summed E-state index contributed by atoms with van der Waals surface area (Å²) in [5.74, 6) is -0.632. The first-order valence-corrected chi connectivity index (χ1v) is 11.7. The van der Waals surface area contributed by atoms with Crippen molar-refractivity contribution < 1.29 is 18.7 Å². The molecule has 0 unspecified atom stereocenters. The maximum absolute atomic E-state index is 14.7. The lowest BCUT2D eigenvalue weighted by Crippen LogP contribution is -2.41. The number of halogens is 1. The Morgan fingerprint density at radius 1 is 1.21 bits per heavy atom. The highest BCUT2D eigenvalue weighted by Crippen LogP contribution is 2.35. The van der Waals surface area contributed by atoms with Crippen molar-refractivity contribution in [2.75, 3.05) is 18.4 Å². The van der Waals surface area contributed by atoms with Crippen molar-refractivity contribution in [3.63, 3.8) is 0 Å². The van der Waals surface area contributed by atoms with Gasteiger partial charge in [0.1, 0.15) is 16.3 Å². The average Bonchev–Trinajstić information content (AvgIpc) is 3.30. The smallest absolute Gasteiger partial charge is 0.410 e. The Kier molecular flexibility index (Phi) is 6.13. The summed E-state index contributed by atoms with van der Waals surface area (Å²) in [5.41, 5.74) is 1.85. The predicted octanol–water partition coefficient (Wildman–Crippen LogP) is 4.91. The van der Waals surface area contributed by atoms with Gasteiger partial charge in [0.15, 0.2) is 5.82 Å². The highest BCUT2D eigenvalue weighted by atomic mass is 32.1. The third-order valence-corrected chi connectivity index (χ3v) is 6.73. The molecular formula is C23H28FN5O3S. The number of carbonyl (C=O) groups is 2. The van der Waals surface area contributed by atoms with E-state index in [2.05, 4.69) is 15.4 Å². The van der Waals surface area contributed by atoms with E-state index in [1.54, 1.807) is 21.7 Å². The van der Waals surface area contributed by atoms with Crippen LogP contribution in [0.1, 0.15) is 65.5 Å². The van der Waals surface area contributed by atoms with Crippen molar-refractivity contribution >= 4 is 34.7 Å². The summed E-state index contributed by atoms with van der Waals surface area (Å²) < 4.78 is 21.7. The van der Waals surface area contributed by atoms with Gasteiger partial charge in [0.05, 0.1) is 23.1 Å². The fourth-order valence-corrected chi connectivity index (χ4v) is 5.04. The molecule has 0 bridgehead atoms. The molecule has 176 valence electrons. The second-order valence-electron chi connectivity index (χ2n) is 9.35. The van der Waals surface area contributed by atoms with Crippen molar-refractivity contribution in [3.05, 3.63) is 45.3 Å². The van der Waals surface area contributed by atoms with Gasteiger partial charge in [-0.3, -0.25) is 9.78 Å². The first kappa shape index (κ1) is 23.2. The molecule has 1 aliphatic heterocycles. The van der Waals surface area contributed by atoms with Gasteiger partial charge < -0.3 is 15.0 Å². The van der Waals surface area contributed by atoms with Gasteiger partial charge in [-0.1, -0.05) is 0 Å². The quantitative estimate of drug-likeness (QED) is 0.584. The van der Waals surface area contributed by atoms with Crippen LogP contribution in [0.15, 0.2) is 18.3 Å². The summed E-state index contributed by atoms with van der Waals surface area (Å²) in [6, 6.07) is 3.16. The van der Waals surface area contributed by atoms with E-state index >= 15 is 0 Å². The number of amides is 2. The highest BCUT2D eigenvalue weighted by molar-refractivity contribution is 7.14. The summed E-state index contributed by atoms with van der Waals surface area (Å²) in [4.78, 5) is 31.9. The number of likely N-dealkylation sites (tertiary alicyclic amines) is 1. The number of anilines is 1. The Morgan fingerprint density at radius 2 is 1.91 bits per heavy atom. The van der Waals surface area contributed by atoms with Crippen LogP contribution < -0.4 is 5.32 Å². The molecule has 0 atom stereocenters. The Morgan fingerprint density at radius 3 is 2.58 bits per heavy atom. The molecule has 4 heterocycles. The largest absolute Gasteiger partial charge is 0.444 e. The van der Waals surface area contributed by atoms with E-state index in [1.807, 2.05) is 34.6 Å². The Bertz CT molecular complexity index is 1200. The number of piperidine rings is 1. The molecule has 1 saturated heterocycles. The van der Waals surface area contributed by atoms with Gasteiger partial charge in [-0.25, -0.2) is 13.7 Å². The monoisotopic (exact) mass is 473 g/mol. The number of thiophene rings is 1. The summed E-state index contributed by atoms with van der Waals surface area (Å²) in [5, 5.41) is 7.05. The number of nitrogens with zero attached hydrogens (tertiary/aromatic N) is 4. The molecule has 1 fully saturated rings. The van der Waals surface area contributed by atoms with Gasteiger partial charge in [-0.2, -0.15) is 0 Å². The molecule has 1 aliphatic rings. The molecular weight excluding hydrogens is 445 g/mol. The summed E-state index contributed by atoms with van der Waals surface area (Å²) >= 11 is 1.16. The number of rotatable bonds is 3. The Labute approximate surface area is 195 Å². The first-order chi connectivity index (χ1) is 15.5. The summed E-state index contributed by atoms with van der Waals surface area (Å²) in [7, 11) is 0. The van der Waals surface area contributed by atoms with Crippen LogP contribution in [0.2, 0.25) is 0 Å². The molecule has 2 amide bonds. The van der Waals surface area contributed by atoms with Gasteiger partial charge in [0, 0.05) is 24.0 Å². The number of hydrogen-bond acceptors (Lipinski definition) is 6. The molecule has 4 rings (SSSR count). The molecule has 3 aromatic rings. The van der Waals surface area contributed by atoms with E-state index in [0.29, 0.717) is 31.7 Å². The molecule has 8 nitrogen and oxygen atoms in total. The lowest BCUT2D eigenvalue weighted by atomic mass is 9.95. The van der Waals surface area contributed by atoms with Crippen LogP contribution in [0.25, 0.3) is 5.52 Å². The van der Waals surface area contributed by atoms with Gasteiger partial charge in [0.2, 0.25) is 0 Å². The lowest BCUT2D eigenvalue weighted by Gasteiger charge is -2.33. The molecule has 10 heteroatoms. The zero-order valence-electron chi connectivity index (χ0n) is 19.4. The van der Waals surface area contributed by atoms with Gasteiger partial charge in [0.25, 0.3) is 5.91 Å². The van der Waals surface area contributed by atoms with Crippen LogP contribution in [0.4, 0.5) is 15.0 Å². The summed E-state index contributed by atoms with van der Waals surface area (Å²) in [6.07, 6.45) is 2.83. The van der Waals surface area contributed by atoms with E-state index in [0.717, 1.165) is 33.1 Å². The lowest BCUT2D eigenvalue weighted by molar-refractivity contribution is 0.0205. The number of aromatic nitrogens is 3. The molecule has 0 saturated carbocycles. The molecule has 1 N–H and O–H groups in total. The zero-order chi connectivity index (χ0) is 23.9. The maximum atomic E-state index is 14.7. The zero-order valence-corrected chi connectivity index (χ0v) is 20.3. The van der Waals surface area contributed by atoms with Gasteiger partial charge in [-0.15, -0.1) is 16.4 Å². The number of aryl methyl sites for hydroxylation is 2. The van der Waals surface area contributed by atoms with Crippen LogP contribution in [0.5, 0.6) is 0 Å². The standard InChI is InChI=1S/C23H28FN5O3S/c1-13-12-29-17(14(2)25-13)11-19(27-29)26-21(30)20-16(24)10-18(33-20)15-6-8-28(9-7-15)22(31)32-23(3,4)5/h10-12,15H,6-9H2,1-5H3,(H,26,27,30). The Balaban J connectivity index is 1.42. The highest BCUT2D eigenvalue weighted by Gasteiger charge is 2.29. The van der Waals surface area contributed by atoms with Crippen molar-refractivity contribution in [1.29, 1.82) is 0 Å². The third-order valence-electron chi connectivity index (χ3n) is 5.46. The molecule has 0 aromatic carbocycles. The predicted molar refractivity (Wildman–Crippen MR) is 124 cm³/mol. The van der Waals surface area contributed by atoms with Crippen LogP contribution in [-0.4, -0.2) is 50.2 Å². The van der Waals surface area contributed by atoms with Crippen molar-refractivity contribution in [2.24, 2.45) is 0 Å². The molecule has 0 aliphatic carbocycles. The van der Waals surface area contributed by atoms with Gasteiger partial charge >= 0.3 is 6.09 Å². The minimum absolute atomic E-state index is 0.0302. The molecule has 33 heavy (non-hydrogen) atoms. The Hall–Kier alpha value is -3.01. The van der Waals surface area contributed by atoms with Crippen LogP contribution in [0, 0.1) is 19.7 Å². The second kappa shape index (κ2) is 8.74. The van der Waals surface area contributed by atoms with E-state index < -0.39 is 17.3 Å². The summed E-state index contributed by atoms with van der Waals surface area (Å²) in [6.45, 7) is 10.3. The SMILES string of the molecule is Cc1cn2nc(NC(=O)c3sc(C4CCN(C(=O)OC(C)(C)C)CC4)cc3F)cc2c(C)n1. The van der Waals surface area contributed by atoms with Crippen molar-refractivity contribution in [1.82, 2.24) is 19.5 Å². The number of ether oxygens (including phenoxy) is 1. The number of fused-ring (bicyclic) bond motifs is 1. The molecule has 0 spiro atoms. The van der Waals surface area contributed by atoms with E-state index in [-0.39, 0.29) is 16.9 Å². The van der Waals surface area contributed by atoms with Crippen molar-refractivity contribution in [2.45, 2.75) is 59.0 Å². The average molecular weight is 474 g/mol. The fraction of sp³-hybridized carbons (Fsp3) is 0.478. The maximum Gasteiger partial charge on any atom is 0.410 e. The van der Waals surface area contributed by atoms with E-state index in [1.165, 1.54) is 6.07 Å². The normalized spacial score (nSPS) is 15.2. The van der Waals surface area contributed by atoms with Crippen LogP contribution >= 0.6 is 11.3 Å². The van der Waals surface area contributed by atoms with Gasteiger partial charge in [-0.05, 0) is 59.4 Å². The van der Waals surface area contributed by atoms with Crippen molar-refractivity contribution in [3.8, 4) is 0 Å². The molecule has 3 aromatic heterocycles. The van der Waals surface area contributed by atoms with Crippen LogP contribution in [0.3, 0.4) is 0 Å². The minimum Gasteiger partial charge on any atom is -0.444 e. The third kappa shape index (κ3) is 5.16. The second-order valence-corrected chi connectivity index (χ2v) is 10.4. The molecule has 0 radical (unpaired) electrons. The number of nitrogens with one attached hydrogen (secondary N) is 1.